The van der Waals surface area contributed by atoms with Crippen molar-refractivity contribution in [2.75, 3.05) is 9.80 Å². The molecule has 0 atom stereocenters. The lowest BCUT2D eigenvalue weighted by atomic mass is 9.82. The van der Waals surface area contributed by atoms with Gasteiger partial charge in [-0.25, -0.2) is 9.80 Å². The van der Waals surface area contributed by atoms with Gasteiger partial charge in [0, 0.05) is 68.5 Å². The van der Waals surface area contributed by atoms with Crippen molar-refractivity contribution in [2.45, 2.75) is 0 Å². The van der Waals surface area contributed by atoms with E-state index < -0.39 is 23.6 Å². The van der Waals surface area contributed by atoms with Gasteiger partial charge in [-0.1, -0.05) is 141 Å². The molecule has 0 fully saturated rings. The number of benzene rings is 11. The number of imide groups is 2. The molecule has 0 bridgehead atoms. The van der Waals surface area contributed by atoms with Crippen LogP contribution in [0.1, 0.15) is 41.4 Å². The number of amides is 4. The number of carbonyl (C=O) groups is 4. The van der Waals surface area contributed by atoms with Crippen LogP contribution in [0.15, 0.2) is 155 Å². The molecule has 2 aliphatic heterocycles. The molecule has 6 nitrogen and oxygen atoms in total. The minimum Gasteiger partial charge on any atom is -0.268 e. The third-order valence-corrected chi connectivity index (χ3v) is 13.9. The highest BCUT2D eigenvalue weighted by atomic mass is 79.9. The van der Waals surface area contributed by atoms with Crippen molar-refractivity contribution in [3.8, 4) is 0 Å². The lowest BCUT2D eigenvalue weighted by Crippen LogP contribution is -2.41. The first-order valence-electron chi connectivity index (χ1n) is 19.5. The highest BCUT2D eigenvalue weighted by Crippen LogP contribution is 2.52. The number of nitrogens with zero attached hydrogens (tertiary/aromatic N) is 2. The standard InChI is InChI=1S/C52H24Br2N2O4/c53-39-23-37-43-38(52(60)56(51(37)59)48-31-15-7-3-11-27(31)22-28-12-4-8-16-32(28)48)24-40(54)45-34-18-20-36-42-35(19-17-33(41(34)42)44(39)46(43)45)49(57)55(50(36)58)47-29-13-5-1-9-25(29)21-26-10-2-6-14-30(26)47/h1-24H. The number of rotatable bonds is 2. The Hall–Kier alpha value is -7.00. The van der Waals surface area contributed by atoms with E-state index in [1.54, 1.807) is 0 Å². The first-order chi connectivity index (χ1) is 29.3. The van der Waals surface area contributed by atoms with E-state index in [-0.39, 0.29) is 0 Å². The fourth-order valence-electron chi connectivity index (χ4n) is 10.2. The summed E-state index contributed by atoms with van der Waals surface area (Å²) in [6.45, 7) is 0. The molecule has 4 amide bonds. The molecule has 13 rings (SSSR count). The van der Waals surface area contributed by atoms with Gasteiger partial charge in [-0.15, -0.1) is 0 Å². The average Bonchev–Trinajstić information content (AvgIpc) is 3.27. The third kappa shape index (κ3) is 4.16. The molecule has 0 radical (unpaired) electrons. The van der Waals surface area contributed by atoms with Crippen LogP contribution in [0, 0.1) is 0 Å². The predicted molar refractivity (Wildman–Crippen MR) is 248 cm³/mol. The zero-order valence-corrected chi connectivity index (χ0v) is 34.3. The second-order valence-corrected chi connectivity index (χ2v) is 17.3. The van der Waals surface area contributed by atoms with E-state index >= 15 is 9.59 Å². The number of anilines is 2. The monoisotopic (exact) mass is 898 g/mol. The van der Waals surface area contributed by atoms with Gasteiger partial charge in [0.1, 0.15) is 0 Å². The van der Waals surface area contributed by atoms with Crippen molar-refractivity contribution >= 4 is 153 Å². The van der Waals surface area contributed by atoms with Crippen LogP contribution in [-0.2, 0) is 0 Å². The first kappa shape index (κ1) is 33.9. The largest absolute Gasteiger partial charge is 0.268 e. The maximum absolute atomic E-state index is 15.0. The van der Waals surface area contributed by atoms with Gasteiger partial charge in [0.2, 0.25) is 0 Å². The Labute approximate surface area is 356 Å². The topological polar surface area (TPSA) is 74.8 Å². The molecule has 11 aromatic carbocycles. The summed E-state index contributed by atoms with van der Waals surface area (Å²) in [5, 5.41) is 12.8. The van der Waals surface area contributed by atoms with E-state index in [1.165, 1.54) is 9.80 Å². The van der Waals surface area contributed by atoms with Crippen LogP contribution in [0.25, 0.3) is 86.2 Å². The van der Waals surface area contributed by atoms with Gasteiger partial charge >= 0.3 is 0 Å². The highest BCUT2D eigenvalue weighted by Gasteiger charge is 2.40. The van der Waals surface area contributed by atoms with Crippen LogP contribution < -0.4 is 9.80 Å². The van der Waals surface area contributed by atoms with E-state index in [9.17, 15) is 9.59 Å². The summed E-state index contributed by atoms with van der Waals surface area (Å²) in [4.78, 5) is 62.6. The molecular weight excluding hydrogens is 876 g/mol. The second kappa shape index (κ2) is 11.8. The van der Waals surface area contributed by atoms with Crippen LogP contribution in [0.2, 0.25) is 0 Å². The molecule has 0 N–H and O–H groups in total. The van der Waals surface area contributed by atoms with E-state index in [4.69, 9.17) is 0 Å². The summed E-state index contributed by atoms with van der Waals surface area (Å²) < 4.78 is 1.31. The van der Waals surface area contributed by atoms with Gasteiger partial charge in [-0.2, -0.15) is 0 Å². The zero-order chi connectivity index (χ0) is 40.3. The van der Waals surface area contributed by atoms with Crippen LogP contribution >= 0.6 is 31.9 Å². The molecule has 8 heteroatoms. The van der Waals surface area contributed by atoms with Crippen LogP contribution in [-0.4, -0.2) is 23.6 Å². The number of hydrogen-bond donors (Lipinski definition) is 0. The molecule has 60 heavy (non-hydrogen) atoms. The lowest BCUT2D eigenvalue weighted by Gasteiger charge is -2.32. The second-order valence-electron chi connectivity index (χ2n) is 15.6. The number of carbonyl (C=O) groups excluding carboxylic acids is 4. The minimum atomic E-state index is -0.414. The van der Waals surface area contributed by atoms with Gasteiger partial charge in [-0.3, -0.25) is 19.2 Å². The van der Waals surface area contributed by atoms with Crippen molar-refractivity contribution in [1.82, 2.24) is 0 Å². The highest BCUT2D eigenvalue weighted by molar-refractivity contribution is 9.11. The van der Waals surface area contributed by atoms with Crippen LogP contribution in [0.5, 0.6) is 0 Å². The van der Waals surface area contributed by atoms with E-state index in [0.29, 0.717) is 53.3 Å². The molecule has 280 valence electrons. The maximum atomic E-state index is 15.0. The van der Waals surface area contributed by atoms with Crippen LogP contribution in [0.4, 0.5) is 11.4 Å². The molecule has 0 aromatic heterocycles. The van der Waals surface area contributed by atoms with Crippen LogP contribution in [0.3, 0.4) is 0 Å². The molecule has 2 aliphatic rings. The third-order valence-electron chi connectivity index (χ3n) is 12.7. The maximum Gasteiger partial charge on any atom is 0.266 e. The number of hydrogen-bond acceptors (Lipinski definition) is 4. The van der Waals surface area contributed by atoms with Crippen molar-refractivity contribution < 1.29 is 19.2 Å². The smallest absolute Gasteiger partial charge is 0.266 e. The molecule has 0 aliphatic carbocycles. The van der Waals surface area contributed by atoms with E-state index in [2.05, 4.69) is 44.0 Å². The van der Waals surface area contributed by atoms with Crippen molar-refractivity contribution in [2.24, 2.45) is 0 Å². The molecule has 0 saturated carbocycles. The average molecular weight is 901 g/mol. The number of halogens is 2. The van der Waals surface area contributed by atoms with Gasteiger partial charge in [0.05, 0.1) is 22.5 Å². The SMILES string of the molecule is O=C1c2ccc3c4c(Br)cc5c6c(cc(Br)c(c7ccc(c2c37)C(=O)N1c1c2ccccc2cc2ccccc12)c64)C(=O)N(c1c2ccccc2cc2ccccc12)C5=O. The molecule has 2 heterocycles. The summed E-state index contributed by atoms with van der Waals surface area (Å²) in [5.41, 5.74) is 2.76. The Morgan fingerprint density at radius 1 is 0.300 bits per heavy atom. The number of fused-ring (bicyclic) bond motifs is 6. The molecular formula is C52H24Br2N2O4. The zero-order valence-electron chi connectivity index (χ0n) is 31.1. The summed E-state index contributed by atoms with van der Waals surface area (Å²) in [7, 11) is 0. The quantitative estimate of drug-likeness (QED) is 0.0984. The van der Waals surface area contributed by atoms with Crippen molar-refractivity contribution in [3.63, 3.8) is 0 Å². The van der Waals surface area contributed by atoms with Gasteiger partial charge in [-0.05, 0) is 74.1 Å². The Bertz CT molecular complexity index is 3680. The summed E-state index contributed by atoms with van der Waals surface area (Å²) in [6.07, 6.45) is 0. The fourth-order valence-corrected chi connectivity index (χ4v) is 11.5. The van der Waals surface area contributed by atoms with Gasteiger partial charge in [0.15, 0.2) is 0 Å². The summed E-state index contributed by atoms with van der Waals surface area (Å²) in [5.74, 6) is -1.63. The molecule has 0 unspecified atom stereocenters. The summed E-state index contributed by atoms with van der Waals surface area (Å²) >= 11 is 7.78. The lowest BCUT2D eigenvalue weighted by molar-refractivity contribution is 0.0878. The Morgan fingerprint density at radius 3 is 1.02 bits per heavy atom. The van der Waals surface area contributed by atoms with E-state index in [0.717, 1.165) is 75.4 Å². The Balaban J connectivity index is 1.07. The van der Waals surface area contributed by atoms with Crippen molar-refractivity contribution in [1.29, 1.82) is 0 Å². The normalized spacial score (nSPS) is 14.2. The minimum absolute atomic E-state index is 0.399. The fraction of sp³-hybridized carbons (Fsp3) is 0. The molecule has 0 spiro atoms. The Morgan fingerprint density at radius 2 is 0.633 bits per heavy atom. The van der Waals surface area contributed by atoms with E-state index in [1.807, 2.05) is 133 Å². The first-order valence-corrected chi connectivity index (χ1v) is 21.1. The van der Waals surface area contributed by atoms with Crippen molar-refractivity contribution in [3.05, 3.63) is 177 Å². The predicted octanol–water partition coefficient (Wildman–Crippen LogP) is 13.5. The molecule has 0 saturated heterocycles. The van der Waals surface area contributed by atoms with Gasteiger partial charge < -0.3 is 0 Å². The Kier molecular flexibility index (Phi) is 6.68. The molecule has 11 aromatic rings. The summed E-state index contributed by atoms with van der Waals surface area (Å²) in [6, 6.07) is 46.6. The van der Waals surface area contributed by atoms with Gasteiger partial charge in [0.25, 0.3) is 23.6 Å².